The summed E-state index contributed by atoms with van der Waals surface area (Å²) in [5.74, 6) is 0.241. The van der Waals surface area contributed by atoms with Gasteiger partial charge in [-0.3, -0.25) is 4.79 Å². The first-order valence-electron chi connectivity index (χ1n) is 5.46. The van der Waals surface area contributed by atoms with Crippen molar-refractivity contribution in [1.29, 1.82) is 0 Å². The number of ketones is 1. The van der Waals surface area contributed by atoms with Crippen molar-refractivity contribution in [2.75, 3.05) is 13.6 Å². The van der Waals surface area contributed by atoms with Crippen molar-refractivity contribution in [3.63, 3.8) is 0 Å². The molecule has 0 bridgehead atoms. The Hall–Kier alpha value is -1.15. The summed E-state index contributed by atoms with van der Waals surface area (Å²) in [6, 6.07) is 6.13. The predicted molar refractivity (Wildman–Crippen MR) is 63.4 cm³/mol. The van der Waals surface area contributed by atoms with Gasteiger partial charge in [0.15, 0.2) is 5.78 Å². The quantitative estimate of drug-likeness (QED) is 0.748. The summed E-state index contributed by atoms with van der Waals surface area (Å²) in [6.45, 7) is 4.84. The molecule has 0 aliphatic heterocycles. The summed E-state index contributed by atoms with van der Waals surface area (Å²) >= 11 is 0. The predicted octanol–water partition coefficient (Wildman–Crippen LogP) is 2.35. The van der Waals surface area contributed by atoms with E-state index in [1.807, 2.05) is 27.0 Å². The molecule has 1 N–H and O–H groups in total. The molecule has 0 atom stereocenters. The summed E-state index contributed by atoms with van der Waals surface area (Å²) in [7, 11) is 1.93. The lowest BCUT2D eigenvalue weighted by molar-refractivity contribution is 0.0987. The van der Waals surface area contributed by atoms with E-state index in [0.29, 0.717) is 6.42 Å². The van der Waals surface area contributed by atoms with Crippen molar-refractivity contribution < 1.29 is 4.79 Å². The molecule has 0 aliphatic carbocycles. The second kappa shape index (κ2) is 5.66. The Labute approximate surface area is 91.7 Å². The van der Waals surface area contributed by atoms with Gasteiger partial charge in [-0.1, -0.05) is 24.6 Å². The van der Waals surface area contributed by atoms with Gasteiger partial charge in [-0.15, -0.1) is 0 Å². The highest BCUT2D eigenvalue weighted by atomic mass is 16.1. The molecule has 0 spiro atoms. The molecule has 1 rings (SSSR count). The van der Waals surface area contributed by atoms with Crippen LogP contribution in [0.2, 0.25) is 0 Å². The normalized spacial score (nSPS) is 10.3. The van der Waals surface area contributed by atoms with Crippen LogP contribution in [0.5, 0.6) is 0 Å². The van der Waals surface area contributed by atoms with Crippen LogP contribution in [-0.4, -0.2) is 19.4 Å². The van der Waals surface area contributed by atoms with E-state index >= 15 is 0 Å². The van der Waals surface area contributed by atoms with Gasteiger partial charge >= 0.3 is 0 Å². The molecule has 2 heteroatoms. The number of nitrogens with one attached hydrogen (secondary N) is 1. The lowest BCUT2D eigenvalue weighted by Crippen LogP contribution is -2.13. The minimum atomic E-state index is 0.241. The standard InChI is InChI=1S/C13H19NO/c1-4-13(15)12-9-10(2)5-6-11(12)7-8-14-3/h5-6,9,14H,4,7-8H2,1-3H3. The molecule has 0 fully saturated rings. The maximum atomic E-state index is 11.7. The van der Waals surface area contributed by atoms with Gasteiger partial charge in [-0.25, -0.2) is 0 Å². The third-order valence-electron chi connectivity index (χ3n) is 2.53. The minimum absolute atomic E-state index is 0.241. The third kappa shape index (κ3) is 3.17. The van der Waals surface area contributed by atoms with Crippen LogP contribution in [0.3, 0.4) is 0 Å². The number of rotatable bonds is 5. The summed E-state index contributed by atoms with van der Waals surface area (Å²) in [5.41, 5.74) is 3.20. The topological polar surface area (TPSA) is 29.1 Å². The van der Waals surface area contributed by atoms with Crippen LogP contribution in [0.4, 0.5) is 0 Å². The molecule has 0 heterocycles. The molecule has 1 aromatic carbocycles. The van der Waals surface area contributed by atoms with E-state index in [4.69, 9.17) is 0 Å². The van der Waals surface area contributed by atoms with Crippen LogP contribution in [0.15, 0.2) is 18.2 Å². The summed E-state index contributed by atoms with van der Waals surface area (Å²) in [5, 5.41) is 3.10. The molecule has 15 heavy (non-hydrogen) atoms. The van der Waals surface area contributed by atoms with E-state index in [1.54, 1.807) is 0 Å². The van der Waals surface area contributed by atoms with Crippen molar-refractivity contribution in [3.8, 4) is 0 Å². The van der Waals surface area contributed by atoms with E-state index in [-0.39, 0.29) is 5.78 Å². The van der Waals surface area contributed by atoms with Gasteiger partial charge in [0.25, 0.3) is 0 Å². The first-order chi connectivity index (χ1) is 7.19. The summed E-state index contributed by atoms with van der Waals surface area (Å²) in [6.07, 6.45) is 1.49. The average molecular weight is 205 g/mol. The lowest BCUT2D eigenvalue weighted by Gasteiger charge is -2.08. The molecule has 0 amide bonds. The summed E-state index contributed by atoms with van der Waals surface area (Å²) < 4.78 is 0. The van der Waals surface area contributed by atoms with Crippen LogP contribution < -0.4 is 5.32 Å². The van der Waals surface area contributed by atoms with Crippen LogP contribution >= 0.6 is 0 Å². The van der Waals surface area contributed by atoms with Gasteiger partial charge in [0.05, 0.1) is 0 Å². The van der Waals surface area contributed by atoms with Crippen molar-refractivity contribution >= 4 is 5.78 Å². The molecule has 0 radical (unpaired) electrons. The second-order valence-corrected chi connectivity index (χ2v) is 3.79. The molecule has 82 valence electrons. The van der Waals surface area contributed by atoms with Crippen LogP contribution in [0.1, 0.15) is 34.8 Å². The lowest BCUT2D eigenvalue weighted by atomic mass is 9.97. The fourth-order valence-electron chi connectivity index (χ4n) is 1.62. The molecule has 0 saturated heterocycles. The van der Waals surface area contributed by atoms with Gasteiger partial charge in [0, 0.05) is 12.0 Å². The highest BCUT2D eigenvalue weighted by Crippen LogP contribution is 2.14. The Morgan fingerprint density at radius 2 is 2.13 bits per heavy atom. The Balaban J connectivity index is 2.97. The highest BCUT2D eigenvalue weighted by molar-refractivity contribution is 5.97. The molecule has 0 unspecified atom stereocenters. The largest absolute Gasteiger partial charge is 0.319 e. The van der Waals surface area contributed by atoms with Crippen molar-refractivity contribution in [1.82, 2.24) is 5.32 Å². The maximum absolute atomic E-state index is 11.7. The zero-order chi connectivity index (χ0) is 11.3. The van der Waals surface area contributed by atoms with Crippen LogP contribution in [0, 0.1) is 6.92 Å². The number of carbonyl (C=O) groups excluding carboxylic acids is 1. The first-order valence-corrected chi connectivity index (χ1v) is 5.46. The monoisotopic (exact) mass is 205 g/mol. The second-order valence-electron chi connectivity index (χ2n) is 3.79. The molecular formula is C13H19NO. The van der Waals surface area contributed by atoms with E-state index < -0.39 is 0 Å². The minimum Gasteiger partial charge on any atom is -0.319 e. The first kappa shape index (κ1) is 11.9. The Morgan fingerprint density at radius 3 is 2.73 bits per heavy atom. The number of hydrogen-bond acceptors (Lipinski definition) is 2. The summed E-state index contributed by atoms with van der Waals surface area (Å²) in [4.78, 5) is 11.7. The number of aryl methyl sites for hydroxylation is 1. The number of likely N-dealkylation sites (N-methyl/N-ethyl adjacent to an activating group) is 1. The van der Waals surface area contributed by atoms with Gasteiger partial charge in [-0.05, 0) is 38.6 Å². The van der Waals surface area contributed by atoms with Crippen molar-refractivity contribution in [2.24, 2.45) is 0 Å². The zero-order valence-electron chi connectivity index (χ0n) is 9.76. The van der Waals surface area contributed by atoms with E-state index in [9.17, 15) is 4.79 Å². The molecule has 0 aromatic heterocycles. The molecular weight excluding hydrogens is 186 g/mol. The zero-order valence-corrected chi connectivity index (χ0v) is 9.76. The van der Waals surface area contributed by atoms with Gasteiger partial charge in [-0.2, -0.15) is 0 Å². The van der Waals surface area contributed by atoms with Gasteiger partial charge in [0.2, 0.25) is 0 Å². The van der Waals surface area contributed by atoms with Gasteiger partial charge < -0.3 is 5.32 Å². The Morgan fingerprint density at radius 1 is 1.40 bits per heavy atom. The smallest absolute Gasteiger partial charge is 0.162 e. The number of carbonyl (C=O) groups is 1. The van der Waals surface area contributed by atoms with E-state index in [1.165, 1.54) is 0 Å². The fraction of sp³-hybridized carbons (Fsp3) is 0.462. The average Bonchev–Trinajstić information content (AvgIpc) is 2.26. The third-order valence-corrected chi connectivity index (χ3v) is 2.53. The number of Topliss-reactive ketones (excluding diaryl/α,β-unsaturated/α-hetero) is 1. The van der Waals surface area contributed by atoms with Crippen LogP contribution in [0.25, 0.3) is 0 Å². The SMILES string of the molecule is CCC(=O)c1cc(C)ccc1CCNC. The highest BCUT2D eigenvalue weighted by Gasteiger charge is 2.09. The molecule has 0 aliphatic rings. The van der Waals surface area contributed by atoms with E-state index in [2.05, 4.69) is 17.4 Å². The molecule has 0 saturated carbocycles. The van der Waals surface area contributed by atoms with Crippen molar-refractivity contribution in [2.45, 2.75) is 26.7 Å². The molecule has 2 nitrogen and oxygen atoms in total. The maximum Gasteiger partial charge on any atom is 0.162 e. The fourth-order valence-corrected chi connectivity index (χ4v) is 1.62. The number of hydrogen-bond donors (Lipinski definition) is 1. The molecule has 1 aromatic rings. The van der Waals surface area contributed by atoms with Gasteiger partial charge in [0.1, 0.15) is 0 Å². The van der Waals surface area contributed by atoms with Crippen molar-refractivity contribution in [3.05, 3.63) is 34.9 Å². The van der Waals surface area contributed by atoms with E-state index in [0.717, 1.165) is 29.7 Å². The number of benzene rings is 1. The Bertz CT molecular complexity index is 344. The van der Waals surface area contributed by atoms with Crippen LogP contribution in [-0.2, 0) is 6.42 Å². The Kier molecular flexibility index (Phi) is 4.50.